The molecule has 0 bridgehead atoms. The fourth-order valence-corrected chi connectivity index (χ4v) is 2.75. The Labute approximate surface area is 118 Å². The minimum Gasteiger partial charge on any atom is -0.303 e. The number of halogens is 1. The summed E-state index contributed by atoms with van der Waals surface area (Å²) >= 11 is 0. The molecule has 0 amide bonds. The van der Waals surface area contributed by atoms with Crippen LogP contribution in [0.3, 0.4) is 0 Å². The van der Waals surface area contributed by atoms with Crippen molar-refractivity contribution in [2.45, 2.75) is 19.8 Å². The summed E-state index contributed by atoms with van der Waals surface area (Å²) < 4.78 is 13.1. The Kier molecular flexibility index (Phi) is 3.74. The van der Waals surface area contributed by atoms with E-state index in [1.165, 1.54) is 17.7 Å². The zero-order valence-corrected chi connectivity index (χ0v) is 11.6. The van der Waals surface area contributed by atoms with Gasteiger partial charge >= 0.3 is 0 Å². The average molecular weight is 271 g/mol. The van der Waals surface area contributed by atoms with Gasteiger partial charge in [-0.15, -0.1) is 0 Å². The standard InChI is InChI=1S/C16H18FN3/c1-2-20-9-7-14-15(8-10-20)18-11-19-16(14)12-3-5-13(17)6-4-12/h3-6,11H,2,7-10H2,1H3. The molecule has 4 heteroatoms. The summed E-state index contributed by atoms with van der Waals surface area (Å²) in [6, 6.07) is 6.55. The van der Waals surface area contributed by atoms with Gasteiger partial charge in [0.2, 0.25) is 0 Å². The molecule has 0 unspecified atom stereocenters. The first-order chi connectivity index (χ1) is 9.78. The van der Waals surface area contributed by atoms with Crippen molar-refractivity contribution in [2.75, 3.05) is 19.6 Å². The molecular formula is C16H18FN3. The Balaban J connectivity index is 2.00. The van der Waals surface area contributed by atoms with Gasteiger partial charge in [0.15, 0.2) is 0 Å². The van der Waals surface area contributed by atoms with Crippen molar-refractivity contribution in [3.8, 4) is 11.3 Å². The average Bonchev–Trinajstić information content (AvgIpc) is 2.70. The van der Waals surface area contributed by atoms with Gasteiger partial charge in [0.1, 0.15) is 12.1 Å². The van der Waals surface area contributed by atoms with Gasteiger partial charge < -0.3 is 4.90 Å². The summed E-state index contributed by atoms with van der Waals surface area (Å²) in [6.45, 7) is 5.32. The van der Waals surface area contributed by atoms with Crippen LogP contribution < -0.4 is 0 Å². The van der Waals surface area contributed by atoms with Crippen LogP contribution in [0.5, 0.6) is 0 Å². The van der Waals surface area contributed by atoms with E-state index in [-0.39, 0.29) is 5.82 Å². The summed E-state index contributed by atoms with van der Waals surface area (Å²) in [6.07, 6.45) is 3.54. The minimum atomic E-state index is -0.217. The molecule has 3 rings (SSSR count). The number of aromatic nitrogens is 2. The van der Waals surface area contributed by atoms with Crippen molar-refractivity contribution in [2.24, 2.45) is 0 Å². The third kappa shape index (κ3) is 2.56. The van der Waals surface area contributed by atoms with Crippen molar-refractivity contribution in [1.29, 1.82) is 0 Å². The van der Waals surface area contributed by atoms with Crippen LogP contribution >= 0.6 is 0 Å². The number of hydrogen-bond acceptors (Lipinski definition) is 3. The van der Waals surface area contributed by atoms with E-state index in [0.29, 0.717) is 0 Å². The van der Waals surface area contributed by atoms with Crippen LogP contribution in [0.2, 0.25) is 0 Å². The number of benzene rings is 1. The van der Waals surface area contributed by atoms with Crippen molar-refractivity contribution in [3.05, 3.63) is 47.7 Å². The van der Waals surface area contributed by atoms with E-state index in [1.54, 1.807) is 18.5 Å². The zero-order valence-electron chi connectivity index (χ0n) is 11.6. The van der Waals surface area contributed by atoms with Gasteiger partial charge in [0, 0.05) is 36.3 Å². The summed E-state index contributed by atoms with van der Waals surface area (Å²) in [5.41, 5.74) is 4.27. The molecule has 0 saturated carbocycles. The Morgan fingerprint density at radius 1 is 1.10 bits per heavy atom. The highest BCUT2D eigenvalue weighted by atomic mass is 19.1. The molecule has 20 heavy (non-hydrogen) atoms. The summed E-state index contributed by atoms with van der Waals surface area (Å²) in [5.74, 6) is -0.217. The molecule has 104 valence electrons. The number of hydrogen-bond donors (Lipinski definition) is 0. The van der Waals surface area contributed by atoms with Crippen molar-refractivity contribution >= 4 is 0 Å². The second kappa shape index (κ2) is 5.67. The fourth-order valence-electron chi connectivity index (χ4n) is 2.75. The van der Waals surface area contributed by atoms with Crippen LogP contribution in [-0.2, 0) is 12.8 Å². The summed E-state index contributed by atoms with van der Waals surface area (Å²) in [5, 5.41) is 0. The molecule has 0 atom stereocenters. The molecule has 0 N–H and O–H groups in total. The molecule has 0 spiro atoms. The second-order valence-corrected chi connectivity index (χ2v) is 5.09. The second-order valence-electron chi connectivity index (χ2n) is 5.09. The SMILES string of the molecule is CCN1CCc2ncnc(-c3ccc(F)cc3)c2CC1. The smallest absolute Gasteiger partial charge is 0.123 e. The third-order valence-corrected chi connectivity index (χ3v) is 3.94. The molecule has 1 aliphatic rings. The van der Waals surface area contributed by atoms with Crippen LogP contribution in [0.15, 0.2) is 30.6 Å². The molecule has 0 radical (unpaired) electrons. The van der Waals surface area contributed by atoms with Crippen LogP contribution in [0.4, 0.5) is 4.39 Å². The molecule has 2 aromatic rings. The third-order valence-electron chi connectivity index (χ3n) is 3.94. The first kappa shape index (κ1) is 13.2. The molecule has 0 fully saturated rings. The van der Waals surface area contributed by atoms with Gasteiger partial charge in [0.05, 0.1) is 5.69 Å². The lowest BCUT2D eigenvalue weighted by atomic mass is 10.0. The predicted octanol–water partition coefficient (Wildman–Crippen LogP) is 2.70. The molecule has 1 aromatic heterocycles. The highest BCUT2D eigenvalue weighted by Gasteiger charge is 2.18. The fraction of sp³-hybridized carbons (Fsp3) is 0.375. The highest BCUT2D eigenvalue weighted by molar-refractivity contribution is 5.63. The van der Waals surface area contributed by atoms with Gasteiger partial charge in [-0.1, -0.05) is 6.92 Å². The number of rotatable bonds is 2. The van der Waals surface area contributed by atoms with E-state index in [4.69, 9.17) is 0 Å². The molecular weight excluding hydrogens is 253 g/mol. The zero-order chi connectivity index (χ0) is 13.9. The van der Waals surface area contributed by atoms with E-state index in [1.807, 2.05) is 0 Å². The highest BCUT2D eigenvalue weighted by Crippen LogP contribution is 2.25. The van der Waals surface area contributed by atoms with E-state index < -0.39 is 0 Å². The Hall–Kier alpha value is -1.81. The van der Waals surface area contributed by atoms with E-state index in [0.717, 1.165) is 49.4 Å². The van der Waals surface area contributed by atoms with Gasteiger partial charge in [-0.2, -0.15) is 0 Å². The van der Waals surface area contributed by atoms with Crippen molar-refractivity contribution in [1.82, 2.24) is 14.9 Å². The molecule has 1 aliphatic heterocycles. The number of nitrogens with zero attached hydrogens (tertiary/aromatic N) is 3. The Bertz CT molecular complexity index is 595. The van der Waals surface area contributed by atoms with E-state index in [2.05, 4.69) is 21.8 Å². The van der Waals surface area contributed by atoms with Gasteiger partial charge in [0.25, 0.3) is 0 Å². The molecule has 1 aromatic carbocycles. The maximum atomic E-state index is 13.1. The van der Waals surface area contributed by atoms with Crippen LogP contribution in [0, 0.1) is 5.82 Å². The Morgan fingerprint density at radius 3 is 2.60 bits per heavy atom. The van der Waals surface area contributed by atoms with Crippen LogP contribution in [0.25, 0.3) is 11.3 Å². The molecule has 3 nitrogen and oxygen atoms in total. The first-order valence-electron chi connectivity index (χ1n) is 7.09. The molecule has 0 saturated heterocycles. The monoisotopic (exact) mass is 271 g/mol. The molecule has 2 heterocycles. The van der Waals surface area contributed by atoms with Gasteiger partial charge in [-0.25, -0.2) is 14.4 Å². The Morgan fingerprint density at radius 2 is 1.85 bits per heavy atom. The van der Waals surface area contributed by atoms with Gasteiger partial charge in [-0.05, 0) is 37.2 Å². The topological polar surface area (TPSA) is 29.0 Å². The normalized spacial score (nSPS) is 15.7. The van der Waals surface area contributed by atoms with Gasteiger partial charge in [-0.3, -0.25) is 0 Å². The summed E-state index contributed by atoms with van der Waals surface area (Å²) in [7, 11) is 0. The minimum absolute atomic E-state index is 0.217. The maximum Gasteiger partial charge on any atom is 0.123 e. The largest absolute Gasteiger partial charge is 0.303 e. The maximum absolute atomic E-state index is 13.1. The lowest BCUT2D eigenvalue weighted by Gasteiger charge is -2.16. The first-order valence-corrected chi connectivity index (χ1v) is 7.09. The number of likely N-dealkylation sites (N-methyl/N-ethyl adjacent to an activating group) is 1. The number of fused-ring (bicyclic) bond motifs is 1. The molecule has 0 aliphatic carbocycles. The van der Waals surface area contributed by atoms with E-state index in [9.17, 15) is 4.39 Å². The lowest BCUT2D eigenvalue weighted by molar-refractivity contribution is 0.303. The van der Waals surface area contributed by atoms with E-state index >= 15 is 0 Å². The predicted molar refractivity (Wildman–Crippen MR) is 76.9 cm³/mol. The quantitative estimate of drug-likeness (QED) is 0.841. The van der Waals surface area contributed by atoms with Crippen LogP contribution in [-0.4, -0.2) is 34.5 Å². The lowest BCUT2D eigenvalue weighted by Crippen LogP contribution is -2.25. The van der Waals surface area contributed by atoms with Crippen molar-refractivity contribution < 1.29 is 4.39 Å². The van der Waals surface area contributed by atoms with Crippen molar-refractivity contribution in [3.63, 3.8) is 0 Å². The van der Waals surface area contributed by atoms with Crippen LogP contribution in [0.1, 0.15) is 18.2 Å². The summed E-state index contributed by atoms with van der Waals surface area (Å²) in [4.78, 5) is 11.3.